The minimum Gasteiger partial charge on any atom is -0.459 e. The lowest BCUT2D eigenvalue weighted by Crippen LogP contribution is -2.41. The van der Waals surface area contributed by atoms with Crippen LogP contribution in [0.1, 0.15) is 47.5 Å². The molecule has 0 spiro atoms. The van der Waals surface area contributed by atoms with Gasteiger partial charge in [0, 0.05) is 45.4 Å². The monoisotopic (exact) mass is 496 g/mol. The molecule has 2 aliphatic rings. The molecule has 2 fully saturated rings. The molecule has 2 saturated carbocycles. The highest BCUT2D eigenvalue weighted by Gasteiger charge is 2.57. The van der Waals surface area contributed by atoms with Gasteiger partial charge in [-0.05, 0) is 44.7 Å². The van der Waals surface area contributed by atoms with E-state index in [1.54, 1.807) is 26.8 Å². The molecule has 34 heavy (non-hydrogen) atoms. The lowest BCUT2D eigenvalue weighted by atomic mass is 9.77. The molecular weight excluding hydrogens is 452 g/mol. The van der Waals surface area contributed by atoms with Gasteiger partial charge in [0.2, 0.25) is 0 Å². The second-order valence-corrected chi connectivity index (χ2v) is 17.0. The van der Waals surface area contributed by atoms with Crippen LogP contribution in [0.2, 0.25) is 25.7 Å². The maximum absolute atomic E-state index is 12.4. The van der Waals surface area contributed by atoms with Crippen molar-refractivity contribution in [1.82, 2.24) is 0 Å². The summed E-state index contributed by atoms with van der Waals surface area (Å²) in [4.78, 5) is 24.5. The van der Waals surface area contributed by atoms with Crippen molar-refractivity contribution in [1.29, 1.82) is 0 Å². The number of rotatable bonds is 9. The lowest BCUT2D eigenvalue weighted by Gasteiger charge is -2.35. The molecule has 0 radical (unpaired) electrons. The van der Waals surface area contributed by atoms with E-state index in [0.717, 1.165) is 6.04 Å². The first-order chi connectivity index (χ1) is 15.7. The zero-order chi connectivity index (χ0) is 25.8. The van der Waals surface area contributed by atoms with Crippen LogP contribution in [0, 0.1) is 17.8 Å². The first-order valence-corrected chi connectivity index (χ1v) is 16.0. The van der Waals surface area contributed by atoms with E-state index in [1.165, 1.54) is 6.92 Å². The molecule has 0 aromatic carbocycles. The molecule has 0 aromatic rings. The van der Waals surface area contributed by atoms with Crippen LogP contribution >= 0.6 is 0 Å². The van der Waals surface area contributed by atoms with E-state index < -0.39 is 38.0 Å². The Hall–Kier alpha value is -1.48. The van der Waals surface area contributed by atoms with Crippen LogP contribution < -0.4 is 0 Å². The highest BCUT2D eigenvalue weighted by Crippen LogP contribution is 2.52. The summed E-state index contributed by atoms with van der Waals surface area (Å²) in [5.74, 6) is -1.44. The largest absolute Gasteiger partial charge is 0.459 e. The number of esters is 2. The fourth-order valence-corrected chi connectivity index (χ4v) is 5.81. The Labute approximate surface area is 205 Å². The van der Waals surface area contributed by atoms with Gasteiger partial charge in [0.25, 0.3) is 0 Å². The quantitative estimate of drug-likeness (QED) is 0.126. The standard InChI is InChI=1S/C26H44O7Si/c1-10-16(2)25(28)33-21-13-20-23(17(21)3)24(32-19(5)27)18(4)22(14-26(20,6)29)31-15-30-11-12-34(7,8)9/h10,17,20-24,29H,4,11-15H2,1-3,5-9H3/b16-10+/t17-,20-,21+,22-,23+,24+,26-/m0/s1. The molecule has 194 valence electrons. The highest BCUT2D eigenvalue weighted by atomic mass is 28.3. The summed E-state index contributed by atoms with van der Waals surface area (Å²) in [5.41, 5.74) is 0.0196. The third-order valence-electron chi connectivity index (χ3n) is 7.33. The number of ether oxygens (including phenoxy) is 4. The molecule has 0 saturated heterocycles. The smallest absolute Gasteiger partial charge is 0.333 e. The van der Waals surface area contributed by atoms with Gasteiger partial charge in [-0.3, -0.25) is 4.79 Å². The van der Waals surface area contributed by atoms with Crippen LogP contribution in [0.4, 0.5) is 0 Å². The highest BCUT2D eigenvalue weighted by molar-refractivity contribution is 6.76. The van der Waals surface area contributed by atoms with Crippen LogP contribution in [-0.4, -0.2) is 62.4 Å². The molecule has 7 nitrogen and oxygen atoms in total. The summed E-state index contributed by atoms with van der Waals surface area (Å²) in [7, 11) is -1.21. The third kappa shape index (κ3) is 7.26. The molecule has 2 rings (SSSR count). The average Bonchev–Trinajstić information content (AvgIpc) is 3.02. The zero-order valence-electron chi connectivity index (χ0n) is 22.2. The Morgan fingerprint density at radius 2 is 1.88 bits per heavy atom. The van der Waals surface area contributed by atoms with E-state index >= 15 is 0 Å². The molecule has 8 heteroatoms. The van der Waals surface area contributed by atoms with Crippen LogP contribution in [0.3, 0.4) is 0 Å². The first kappa shape index (κ1) is 28.8. The number of allylic oxidation sites excluding steroid dienone is 1. The van der Waals surface area contributed by atoms with Crippen molar-refractivity contribution in [2.24, 2.45) is 17.8 Å². The SMILES string of the molecule is C=C1[C@@H](OCOCC[Si](C)(C)C)C[C@](C)(O)[C@H]2C[C@@H](OC(=O)/C(C)=C/C)[C@H](C)[C@H]2[C@@H]1OC(C)=O. The number of carbonyl (C=O) groups is 2. The summed E-state index contributed by atoms with van der Waals surface area (Å²) in [6.45, 7) is 20.4. The summed E-state index contributed by atoms with van der Waals surface area (Å²) in [6, 6.07) is 1.03. The van der Waals surface area contributed by atoms with Crippen molar-refractivity contribution in [2.45, 2.75) is 97.1 Å². The summed E-state index contributed by atoms with van der Waals surface area (Å²) >= 11 is 0. The molecule has 0 aliphatic heterocycles. The van der Waals surface area contributed by atoms with Gasteiger partial charge in [0.1, 0.15) is 19.0 Å². The van der Waals surface area contributed by atoms with Gasteiger partial charge in [-0.2, -0.15) is 0 Å². The topological polar surface area (TPSA) is 91.3 Å². The minimum absolute atomic E-state index is 0.0881. The van der Waals surface area contributed by atoms with E-state index in [4.69, 9.17) is 18.9 Å². The number of fused-ring (bicyclic) bond motifs is 1. The first-order valence-electron chi connectivity index (χ1n) is 12.3. The van der Waals surface area contributed by atoms with E-state index in [0.29, 0.717) is 30.6 Å². The second-order valence-electron chi connectivity index (χ2n) is 11.4. The van der Waals surface area contributed by atoms with Crippen molar-refractivity contribution in [3.63, 3.8) is 0 Å². The molecule has 7 atom stereocenters. The Balaban J connectivity index is 2.22. The number of aliphatic hydroxyl groups is 1. The Morgan fingerprint density at radius 1 is 1.24 bits per heavy atom. The number of hydrogen-bond acceptors (Lipinski definition) is 7. The van der Waals surface area contributed by atoms with Crippen LogP contribution in [0.5, 0.6) is 0 Å². The Kier molecular flexibility index (Phi) is 9.73. The fourth-order valence-electron chi connectivity index (χ4n) is 5.05. The molecule has 0 amide bonds. The van der Waals surface area contributed by atoms with Crippen molar-refractivity contribution >= 4 is 20.0 Å². The predicted molar refractivity (Wildman–Crippen MR) is 134 cm³/mol. The molecule has 0 aromatic heterocycles. The summed E-state index contributed by atoms with van der Waals surface area (Å²) in [6.07, 6.45) is 0.931. The lowest BCUT2D eigenvalue weighted by molar-refractivity contribution is -0.152. The van der Waals surface area contributed by atoms with Crippen molar-refractivity contribution in [3.8, 4) is 0 Å². The van der Waals surface area contributed by atoms with Crippen LogP contribution in [-0.2, 0) is 28.5 Å². The normalized spacial score (nSPS) is 34.4. The van der Waals surface area contributed by atoms with Gasteiger partial charge in [-0.15, -0.1) is 0 Å². The molecule has 1 N–H and O–H groups in total. The third-order valence-corrected chi connectivity index (χ3v) is 9.03. The Bertz CT molecular complexity index is 783. The van der Waals surface area contributed by atoms with Gasteiger partial charge in [-0.25, -0.2) is 4.79 Å². The average molecular weight is 497 g/mol. The van der Waals surface area contributed by atoms with E-state index in [2.05, 4.69) is 26.2 Å². The van der Waals surface area contributed by atoms with Gasteiger partial charge in [0.15, 0.2) is 0 Å². The van der Waals surface area contributed by atoms with E-state index in [1.807, 2.05) is 6.92 Å². The van der Waals surface area contributed by atoms with Crippen LogP contribution in [0.15, 0.2) is 23.8 Å². The van der Waals surface area contributed by atoms with Gasteiger partial charge in [-0.1, -0.05) is 39.2 Å². The number of hydrogen-bond donors (Lipinski definition) is 1. The van der Waals surface area contributed by atoms with Gasteiger partial charge < -0.3 is 24.1 Å². The predicted octanol–water partition coefficient (Wildman–Crippen LogP) is 4.48. The molecule has 0 heterocycles. The van der Waals surface area contributed by atoms with Crippen LogP contribution in [0.25, 0.3) is 0 Å². The van der Waals surface area contributed by atoms with Gasteiger partial charge in [0.05, 0.1) is 11.7 Å². The van der Waals surface area contributed by atoms with Crippen molar-refractivity contribution < 1.29 is 33.6 Å². The molecule has 2 aliphatic carbocycles. The fraction of sp³-hybridized carbons (Fsp3) is 0.769. The number of carbonyl (C=O) groups excluding carboxylic acids is 2. The van der Waals surface area contributed by atoms with Crippen molar-refractivity contribution in [2.75, 3.05) is 13.4 Å². The molecular formula is C26H44O7Si. The maximum Gasteiger partial charge on any atom is 0.333 e. The van der Waals surface area contributed by atoms with E-state index in [-0.39, 0.29) is 30.5 Å². The summed E-state index contributed by atoms with van der Waals surface area (Å²) < 4.78 is 23.3. The molecule has 0 bridgehead atoms. The molecule has 0 unspecified atom stereocenters. The summed E-state index contributed by atoms with van der Waals surface area (Å²) in [5, 5.41) is 11.6. The van der Waals surface area contributed by atoms with Gasteiger partial charge >= 0.3 is 11.9 Å². The zero-order valence-corrected chi connectivity index (χ0v) is 23.2. The minimum atomic E-state index is -1.21. The second kappa shape index (κ2) is 11.5. The Morgan fingerprint density at radius 3 is 2.44 bits per heavy atom. The van der Waals surface area contributed by atoms with E-state index in [9.17, 15) is 14.7 Å². The maximum atomic E-state index is 12.4. The van der Waals surface area contributed by atoms with Crippen molar-refractivity contribution in [3.05, 3.63) is 23.8 Å².